The molecule has 6 heteroatoms. The molecule has 5 nitrogen and oxygen atoms in total. The fraction of sp³-hybridized carbons (Fsp3) is 0.438. The molecule has 0 N–H and O–H groups in total. The number of carbonyl (C=O) groups excluding carboxylic acids is 1. The van der Waals surface area contributed by atoms with Crippen LogP contribution in [0.15, 0.2) is 34.4 Å². The van der Waals surface area contributed by atoms with E-state index in [0.717, 1.165) is 25.8 Å². The van der Waals surface area contributed by atoms with Crippen molar-refractivity contribution in [3.63, 3.8) is 0 Å². The van der Waals surface area contributed by atoms with Crippen LogP contribution in [0.3, 0.4) is 0 Å². The van der Waals surface area contributed by atoms with Gasteiger partial charge in [-0.25, -0.2) is 4.68 Å². The molecule has 2 aromatic rings. The number of thiophene rings is 1. The average molecular weight is 317 g/mol. The van der Waals surface area contributed by atoms with Gasteiger partial charge in [0.05, 0.1) is 6.04 Å². The zero-order chi connectivity index (χ0) is 15.5. The van der Waals surface area contributed by atoms with E-state index >= 15 is 0 Å². The lowest BCUT2D eigenvalue weighted by molar-refractivity contribution is 0.0729. The monoisotopic (exact) mass is 317 g/mol. The Bertz CT molecular complexity index is 708. The van der Waals surface area contributed by atoms with Crippen LogP contribution < -0.4 is 5.56 Å². The van der Waals surface area contributed by atoms with Crippen molar-refractivity contribution in [1.29, 1.82) is 0 Å². The molecule has 1 atom stereocenters. The van der Waals surface area contributed by atoms with Crippen molar-refractivity contribution in [3.05, 3.63) is 50.6 Å². The Hall–Kier alpha value is -1.95. The Morgan fingerprint density at radius 2 is 2.27 bits per heavy atom. The van der Waals surface area contributed by atoms with Gasteiger partial charge >= 0.3 is 0 Å². The summed E-state index contributed by atoms with van der Waals surface area (Å²) in [6.07, 6.45) is 2.80. The number of likely N-dealkylation sites (tertiary alicyclic amines) is 1. The third-order valence-corrected chi connectivity index (χ3v) is 4.88. The molecule has 1 aliphatic rings. The number of carbonyl (C=O) groups is 1. The predicted octanol–water partition coefficient (Wildman–Crippen LogP) is 2.69. The molecule has 0 aromatic carbocycles. The maximum atomic E-state index is 12.8. The molecule has 1 fully saturated rings. The summed E-state index contributed by atoms with van der Waals surface area (Å²) < 4.78 is 1.38. The van der Waals surface area contributed by atoms with E-state index in [1.165, 1.54) is 15.6 Å². The number of amides is 1. The van der Waals surface area contributed by atoms with Crippen molar-refractivity contribution in [2.45, 2.75) is 38.8 Å². The summed E-state index contributed by atoms with van der Waals surface area (Å²) in [4.78, 5) is 27.6. The van der Waals surface area contributed by atoms with Crippen LogP contribution in [0.1, 0.15) is 47.6 Å². The van der Waals surface area contributed by atoms with E-state index in [1.807, 2.05) is 23.3 Å². The lowest BCUT2D eigenvalue weighted by Crippen LogP contribution is -2.33. The van der Waals surface area contributed by atoms with Crippen molar-refractivity contribution in [2.75, 3.05) is 6.54 Å². The molecule has 1 unspecified atom stereocenters. The highest BCUT2D eigenvalue weighted by molar-refractivity contribution is 7.10. The summed E-state index contributed by atoms with van der Waals surface area (Å²) in [5.41, 5.74) is 0.200. The fourth-order valence-electron chi connectivity index (χ4n) is 2.87. The molecule has 1 amide bonds. The number of hydrogen-bond acceptors (Lipinski definition) is 4. The number of nitrogens with zero attached hydrogens (tertiary/aromatic N) is 3. The lowest BCUT2D eigenvalue weighted by Gasteiger charge is -2.23. The summed E-state index contributed by atoms with van der Waals surface area (Å²) >= 11 is 1.68. The van der Waals surface area contributed by atoms with E-state index in [4.69, 9.17) is 0 Å². The van der Waals surface area contributed by atoms with Gasteiger partial charge in [-0.15, -0.1) is 11.3 Å². The SMILES string of the molecule is CCCn1nc(C(=O)N2CCCC2c2cccs2)ccc1=O. The molecule has 1 aliphatic heterocycles. The second kappa shape index (κ2) is 6.44. The lowest BCUT2D eigenvalue weighted by atomic mass is 10.2. The van der Waals surface area contributed by atoms with E-state index in [9.17, 15) is 9.59 Å². The van der Waals surface area contributed by atoms with E-state index in [0.29, 0.717) is 12.2 Å². The Kier molecular flexibility index (Phi) is 4.38. The largest absolute Gasteiger partial charge is 0.329 e. The maximum absolute atomic E-state index is 12.8. The second-order valence-corrected chi connectivity index (χ2v) is 6.43. The third kappa shape index (κ3) is 2.83. The molecule has 0 aliphatic carbocycles. The quantitative estimate of drug-likeness (QED) is 0.871. The molecule has 0 bridgehead atoms. The first-order valence-corrected chi connectivity index (χ1v) is 8.51. The van der Waals surface area contributed by atoms with Gasteiger partial charge in [0.15, 0.2) is 0 Å². The number of rotatable bonds is 4. The van der Waals surface area contributed by atoms with Crippen LogP contribution in [0, 0.1) is 0 Å². The number of hydrogen-bond donors (Lipinski definition) is 0. The summed E-state index contributed by atoms with van der Waals surface area (Å²) in [5, 5.41) is 6.28. The van der Waals surface area contributed by atoms with Crippen LogP contribution in [0.25, 0.3) is 0 Å². The van der Waals surface area contributed by atoms with Crippen LogP contribution in [-0.4, -0.2) is 27.1 Å². The highest BCUT2D eigenvalue weighted by atomic mass is 32.1. The molecule has 1 saturated heterocycles. The Balaban J connectivity index is 1.87. The standard InChI is InChI=1S/C16H19N3O2S/c1-2-9-19-15(20)8-7-12(17-19)16(21)18-10-3-5-13(18)14-6-4-11-22-14/h4,6-8,11,13H,2-3,5,9-10H2,1H3. The van der Waals surface area contributed by atoms with Crippen LogP contribution in [0.2, 0.25) is 0 Å². The minimum Gasteiger partial charge on any atom is -0.329 e. The fourth-order valence-corrected chi connectivity index (χ4v) is 3.74. The molecule has 2 aromatic heterocycles. The molecule has 3 heterocycles. The smallest absolute Gasteiger partial charge is 0.274 e. The van der Waals surface area contributed by atoms with E-state index in [2.05, 4.69) is 11.2 Å². The van der Waals surface area contributed by atoms with Gasteiger partial charge in [-0.2, -0.15) is 5.10 Å². The van der Waals surface area contributed by atoms with Gasteiger partial charge in [0.1, 0.15) is 5.69 Å². The van der Waals surface area contributed by atoms with Crippen molar-refractivity contribution in [2.24, 2.45) is 0 Å². The van der Waals surface area contributed by atoms with Crippen molar-refractivity contribution in [1.82, 2.24) is 14.7 Å². The van der Waals surface area contributed by atoms with Gasteiger partial charge in [-0.05, 0) is 36.8 Å². The highest BCUT2D eigenvalue weighted by Gasteiger charge is 2.32. The van der Waals surface area contributed by atoms with Crippen LogP contribution in [0.4, 0.5) is 0 Å². The molecule has 116 valence electrons. The third-order valence-electron chi connectivity index (χ3n) is 3.91. The van der Waals surface area contributed by atoms with E-state index in [1.54, 1.807) is 17.4 Å². The normalized spacial score (nSPS) is 17.9. The Morgan fingerprint density at radius 1 is 1.41 bits per heavy atom. The number of aromatic nitrogens is 2. The molecular weight excluding hydrogens is 298 g/mol. The minimum absolute atomic E-state index is 0.0826. The molecule has 0 spiro atoms. The first kappa shape index (κ1) is 15.0. The van der Waals surface area contributed by atoms with Gasteiger partial charge in [0.2, 0.25) is 0 Å². The summed E-state index contributed by atoms with van der Waals surface area (Å²) in [7, 11) is 0. The summed E-state index contributed by atoms with van der Waals surface area (Å²) in [6, 6.07) is 7.21. The minimum atomic E-state index is -0.158. The van der Waals surface area contributed by atoms with Gasteiger partial charge in [-0.3, -0.25) is 9.59 Å². The van der Waals surface area contributed by atoms with Crippen LogP contribution >= 0.6 is 11.3 Å². The second-order valence-electron chi connectivity index (χ2n) is 5.45. The highest BCUT2D eigenvalue weighted by Crippen LogP contribution is 2.35. The summed E-state index contributed by atoms with van der Waals surface area (Å²) in [6.45, 7) is 3.26. The van der Waals surface area contributed by atoms with Gasteiger partial charge in [0.25, 0.3) is 11.5 Å². The van der Waals surface area contributed by atoms with Gasteiger partial charge in [-0.1, -0.05) is 13.0 Å². The predicted molar refractivity (Wildman–Crippen MR) is 86.1 cm³/mol. The average Bonchev–Trinajstić information content (AvgIpc) is 3.19. The molecular formula is C16H19N3O2S. The Labute approximate surface area is 133 Å². The van der Waals surface area contributed by atoms with Crippen molar-refractivity contribution >= 4 is 17.2 Å². The van der Waals surface area contributed by atoms with Crippen LogP contribution in [0.5, 0.6) is 0 Å². The molecule has 0 saturated carbocycles. The molecule has 3 rings (SSSR count). The number of aryl methyl sites for hydroxylation is 1. The Morgan fingerprint density at radius 3 is 3.00 bits per heavy atom. The van der Waals surface area contributed by atoms with Gasteiger partial charge < -0.3 is 4.90 Å². The van der Waals surface area contributed by atoms with Gasteiger partial charge in [0, 0.05) is 24.0 Å². The topological polar surface area (TPSA) is 55.2 Å². The summed E-state index contributed by atoms with van der Waals surface area (Å²) in [5.74, 6) is -0.0826. The van der Waals surface area contributed by atoms with Crippen molar-refractivity contribution < 1.29 is 4.79 Å². The zero-order valence-corrected chi connectivity index (χ0v) is 13.4. The van der Waals surface area contributed by atoms with E-state index < -0.39 is 0 Å². The zero-order valence-electron chi connectivity index (χ0n) is 12.6. The molecule has 22 heavy (non-hydrogen) atoms. The first-order chi connectivity index (χ1) is 10.7. The van der Waals surface area contributed by atoms with Crippen LogP contribution in [-0.2, 0) is 6.54 Å². The molecule has 0 radical (unpaired) electrons. The van der Waals surface area contributed by atoms with Crippen molar-refractivity contribution in [3.8, 4) is 0 Å². The maximum Gasteiger partial charge on any atom is 0.274 e. The van der Waals surface area contributed by atoms with E-state index in [-0.39, 0.29) is 17.5 Å². The first-order valence-electron chi connectivity index (χ1n) is 7.63.